The minimum absolute atomic E-state index is 0. The Bertz CT molecular complexity index is 1190. The Kier molecular flexibility index (Phi) is 5.92. The number of fused-ring (bicyclic) bond motifs is 3. The minimum atomic E-state index is -0.516. The fraction of sp³-hybridized carbons (Fsp3) is 0.211. The number of aromatic nitrogens is 3. The number of ether oxygens (including phenoxy) is 1. The summed E-state index contributed by atoms with van der Waals surface area (Å²) in [7, 11) is 0. The largest absolute Gasteiger partial charge is 0.489 e. The summed E-state index contributed by atoms with van der Waals surface area (Å²) in [6.45, 7) is 3.69. The van der Waals surface area contributed by atoms with Crippen molar-refractivity contribution in [3.63, 3.8) is 0 Å². The highest BCUT2D eigenvalue weighted by Gasteiger charge is 2.15. The minimum Gasteiger partial charge on any atom is -0.489 e. The first-order valence-electron chi connectivity index (χ1n) is 8.71. The van der Waals surface area contributed by atoms with Gasteiger partial charge in [-0.15, -0.1) is 12.4 Å². The van der Waals surface area contributed by atoms with Crippen LogP contribution in [0.2, 0.25) is 0 Å². The van der Waals surface area contributed by atoms with E-state index in [0.29, 0.717) is 33.5 Å². The van der Waals surface area contributed by atoms with E-state index in [0.717, 1.165) is 15.7 Å². The SMILES string of the molecule is CC(C)Oc1ccc(C(N)=O)cc1Nc1nc2c(ccc3[nH]c(CO)nc32)s1.Cl. The van der Waals surface area contributed by atoms with E-state index in [4.69, 9.17) is 10.5 Å². The maximum Gasteiger partial charge on any atom is 0.248 e. The summed E-state index contributed by atoms with van der Waals surface area (Å²) in [5.41, 5.74) is 8.65. The number of thiazole rings is 1. The number of aliphatic hydroxyl groups is 1. The van der Waals surface area contributed by atoms with Gasteiger partial charge in [0.05, 0.1) is 22.0 Å². The summed E-state index contributed by atoms with van der Waals surface area (Å²) in [4.78, 5) is 23.7. The third-order valence-electron chi connectivity index (χ3n) is 4.08. The zero-order valence-corrected chi connectivity index (χ0v) is 17.4. The second-order valence-electron chi connectivity index (χ2n) is 6.54. The van der Waals surface area contributed by atoms with Crippen LogP contribution >= 0.6 is 23.7 Å². The van der Waals surface area contributed by atoms with Crippen LogP contribution in [0.4, 0.5) is 10.8 Å². The molecule has 0 spiro atoms. The van der Waals surface area contributed by atoms with Crippen molar-refractivity contribution >= 4 is 61.7 Å². The normalized spacial score (nSPS) is 11.0. The van der Waals surface area contributed by atoms with Crippen LogP contribution < -0.4 is 15.8 Å². The molecule has 152 valence electrons. The number of nitrogens with two attached hydrogens (primary N) is 1. The molecule has 0 bridgehead atoms. The molecule has 4 aromatic rings. The van der Waals surface area contributed by atoms with Crippen LogP contribution in [0.1, 0.15) is 30.0 Å². The average Bonchev–Trinajstić information content (AvgIpc) is 3.25. The number of imidazole rings is 1. The molecule has 5 N–H and O–H groups in total. The van der Waals surface area contributed by atoms with Gasteiger partial charge in [0.25, 0.3) is 0 Å². The van der Waals surface area contributed by atoms with E-state index in [1.807, 2.05) is 26.0 Å². The number of amides is 1. The molecule has 4 rings (SSSR count). The van der Waals surface area contributed by atoms with Crippen LogP contribution in [0.3, 0.4) is 0 Å². The molecule has 10 heteroatoms. The van der Waals surface area contributed by atoms with Crippen molar-refractivity contribution in [3.8, 4) is 5.75 Å². The summed E-state index contributed by atoms with van der Waals surface area (Å²) >= 11 is 1.46. The van der Waals surface area contributed by atoms with Crippen molar-refractivity contribution in [1.29, 1.82) is 0 Å². The number of nitrogens with zero attached hydrogens (tertiary/aromatic N) is 2. The predicted molar refractivity (Wildman–Crippen MR) is 116 cm³/mol. The second kappa shape index (κ2) is 8.24. The molecule has 0 saturated carbocycles. The molecule has 0 aliphatic rings. The van der Waals surface area contributed by atoms with Crippen molar-refractivity contribution in [2.24, 2.45) is 5.73 Å². The van der Waals surface area contributed by atoms with Gasteiger partial charge in [-0.2, -0.15) is 0 Å². The van der Waals surface area contributed by atoms with Gasteiger partial charge in [-0.1, -0.05) is 11.3 Å². The van der Waals surface area contributed by atoms with Gasteiger partial charge in [-0.05, 0) is 44.2 Å². The van der Waals surface area contributed by atoms with Crippen molar-refractivity contribution in [1.82, 2.24) is 15.0 Å². The number of aliphatic hydroxyl groups excluding tert-OH is 1. The zero-order valence-electron chi connectivity index (χ0n) is 15.7. The number of halogens is 1. The van der Waals surface area contributed by atoms with Crippen LogP contribution in [-0.4, -0.2) is 32.1 Å². The topological polar surface area (TPSA) is 126 Å². The number of hydrogen-bond acceptors (Lipinski definition) is 7. The van der Waals surface area contributed by atoms with Crippen molar-refractivity contribution in [2.45, 2.75) is 26.6 Å². The Hall–Kier alpha value is -2.88. The van der Waals surface area contributed by atoms with Gasteiger partial charge in [0, 0.05) is 5.56 Å². The van der Waals surface area contributed by atoms with Crippen LogP contribution in [0.25, 0.3) is 21.3 Å². The van der Waals surface area contributed by atoms with E-state index in [1.54, 1.807) is 18.2 Å². The number of benzene rings is 2. The zero-order chi connectivity index (χ0) is 19.8. The number of rotatable bonds is 6. The highest BCUT2D eigenvalue weighted by atomic mass is 35.5. The molecule has 0 aliphatic heterocycles. The number of aromatic amines is 1. The molecule has 1 amide bonds. The first-order valence-corrected chi connectivity index (χ1v) is 9.52. The molecule has 0 aliphatic carbocycles. The molecular weight excluding hydrogens is 414 g/mol. The highest BCUT2D eigenvalue weighted by Crippen LogP contribution is 2.35. The summed E-state index contributed by atoms with van der Waals surface area (Å²) in [5, 5.41) is 13.2. The first kappa shape index (κ1) is 20.8. The highest BCUT2D eigenvalue weighted by molar-refractivity contribution is 7.22. The molecule has 2 aromatic heterocycles. The lowest BCUT2D eigenvalue weighted by Gasteiger charge is -2.15. The molecule has 0 radical (unpaired) electrons. The van der Waals surface area contributed by atoms with Gasteiger partial charge in [0.15, 0.2) is 5.13 Å². The monoisotopic (exact) mass is 433 g/mol. The molecule has 0 unspecified atom stereocenters. The van der Waals surface area contributed by atoms with Crippen LogP contribution in [0, 0.1) is 0 Å². The van der Waals surface area contributed by atoms with Crippen molar-refractivity contribution in [2.75, 3.05) is 5.32 Å². The number of H-pyrrole nitrogens is 1. The van der Waals surface area contributed by atoms with Gasteiger partial charge < -0.3 is 25.9 Å². The Balaban J connectivity index is 0.00000240. The molecule has 8 nitrogen and oxygen atoms in total. The van der Waals surface area contributed by atoms with E-state index in [9.17, 15) is 9.90 Å². The molecule has 0 saturated heterocycles. The number of carbonyl (C=O) groups is 1. The number of anilines is 2. The van der Waals surface area contributed by atoms with E-state index >= 15 is 0 Å². The molecule has 0 fully saturated rings. The lowest BCUT2D eigenvalue weighted by Crippen LogP contribution is -2.12. The van der Waals surface area contributed by atoms with Gasteiger partial charge in [0.2, 0.25) is 5.91 Å². The van der Waals surface area contributed by atoms with Crippen LogP contribution in [0.5, 0.6) is 5.75 Å². The summed E-state index contributed by atoms with van der Waals surface area (Å²) < 4.78 is 6.78. The Morgan fingerprint density at radius 3 is 2.76 bits per heavy atom. The van der Waals surface area contributed by atoms with E-state index < -0.39 is 5.91 Å². The first-order chi connectivity index (χ1) is 13.4. The number of hydrogen-bond donors (Lipinski definition) is 4. The van der Waals surface area contributed by atoms with Crippen molar-refractivity contribution < 1.29 is 14.6 Å². The number of carbonyl (C=O) groups excluding carboxylic acids is 1. The van der Waals surface area contributed by atoms with Gasteiger partial charge in [0.1, 0.15) is 29.2 Å². The molecule has 0 atom stereocenters. The van der Waals surface area contributed by atoms with E-state index in [2.05, 4.69) is 20.3 Å². The summed E-state index contributed by atoms with van der Waals surface area (Å²) in [6, 6.07) is 8.86. The summed E-state index contributed by atoms with van der Waals surface area (Å²) in [6.07, 6.45) is -0.0315. The van der Waals surface area contributed by atoms with Crippen molar-refractivity contribution in [3.05, 3.63) is 41.7 Å². The molecule has 2 aromatic carbocycles. The molecular formula is C19H20ClN5O3S. The number of nitrogens with one attached hydrogen (secondary N) is 2. The van der Waals surface area contributed by atoms with Gasteiger partial charge >= 0.3 is 0 Å². The maximum atomic E-state index is 11.6. The van der Waals surface area contributed by atoms with E-state index in [-0.39, 0.29) is 25.1 Å². The van der Waals surface area contributed by atoms with Crippen LogP contribution in [0.15, 0.2) is 30.3 Å². The summed E-state index contributed by atoms with van der Waals surface area (Å²) in [5.74, 6) is 0.580. The Morgan fingerprint density at radius 1 is 1.28 bits per heavy atom. The number of primary amides is 1. The van der Waals surface area contributed by atoms with Gasteiger partial charge in [-0.25, -0.2) is 9.97 Å². The Morgan fingerprint density at radius 2 is 2.07 bits per heavy atom. The lowest BCUT2D eigenvalue weighted by molar-refractivity contribution is 0.100. The third-order valence-corrected chi connectivity index (χ3v) is 5.01. The molecule has 29 heavy (non-hydrogen) atoms. The predicted octanol–water partition coefficient (Wildman–Crippen LogP) is 3.72. The Labute approximate surface area is 176 Å². The average molecular weight is 434 g/mol. The molecule has 2 heterocycles. The lowest BCUT2D eigenvalue weighted by atomic mass is 10.1. The fourth-order valence-electron chi connectivity index (χ4n) is 2.89. The third kappa shape index (κ3) is 4.12. The quantitative estimate of drug-likeness (QED) is 0.367. The standard InChI is InChI=1S/C19H19N5O3S.ClH/c1-9(2)27-13-5-3-10(18(20)26)7-12(13)22-19-24-17-14(28-19)6-4-11-16(17)23-15(8-25)21-11;/h3-7,9,25H,8H2,1-2H3,(H2,20,26)(H,21,23)(H,22,24);1H. The van der Waals surface area contributed by atoms with E-state index in [1.165, 1.54) is 11.3 Å². The smallest absolute Gasteiger partial charge is 0.248 e. The fourth-order valence-corrected chi connectivity index (χ4v) is 3.77. The van der Waals surface area contributed by atoms with Crippen LogP contribution in [-0.2, 0) is 6.61 Å². The second-order valence-corrected chi connectivity index (χ2v) is 7.57. The van der Waals surface area contributed by atoms with Gasteiger partial charge in [-0.3, -0.25) is 4.79 Å². The maximum absolute atomic E-state index is 11.6.